The number of carbonyl (C=O) groups is 2. The number of aryl methyl sites for hydroxylation is 2. The van der Waals surface area contributed by atoms with Crippen molar-refractivity contribution in [3.63, 3.8) is 0 Å². The predicted octanol–water partition coefficient (Wildman–Crippen LogP) is 6.66. The first kappa shape index (κ1) is 30.2. The van der Waals surface area contributed by atoms with Crippen LogP contribution in [-0.2, 0) is 45.0 Å². The highest BCUT2D eigenvalue weighted by Crippen LogP contribution is 2.33. The van der Waals surface area contributed by atoms with E-state index in [9.17, 15) is 9.59 Å². The first-order valence-electron chi connectivity index (χ1n) is 14.3. The van der Waals surface area contributed by atoms with Crippen molar-refractivity contribution in [2.75, 3.05) is 27.3 Å². The molecule has 2 aliphatic rings. The van der Waals surface area contributed by atoms with Crippen LogP contribution in [0.1, 0.15) is 55.2 Å². The lowest BCUT2D eigenvalue weighted by molar-refractivity contribution is -0.148. The second-order valence-corrected chi connectivity index (χ2v) is 12.7. The van der Waals surface area contributed by atoms with Gasteiger partial charge in [0.25, 0.3) is 0 Å². The van der Waals surface area contributed by atoms with E-state index in [0.717, 1.165) is 61.3 Å². The zero-order chi connectivity index (χ0) is 29.6. The summed E-state index contributed by atoms with van der Waals surface area (Å²) >= 11 is 3.62. The summed E-state index contributed by atoms with van der Waals surface area (Å²) in [4.78, 5) is 32.0. The van der Waals surface area contributed by atoms with Gasteiger partial charge in [-0.15, -0.1) is 22.7 Å². The second kappa shape index (κ2) is 13.8. The number of rotatable bonds is 6. The van der Waals surface area contributed by atoms with Crippen LogP contribution < -0.4 is 0 Å². The minimum atomic E-state index is -0.316. The van der Waals surface area contributed by atoms with Gasteiger partial charge < -0.3 is 9.47 Å². The summed E-state index contributed by atoms with van der Waals surface area (Å²) in [6, 6.07) is 19.8. The van der Waals surface area contributed by atoms with Crippen molar-refractivity contribution >= 4 is 34.6 Å². The molecule has 0 spiro atoms. The summed E-state index contributed by atoms with van der Waals surface area (Å²) in [6.45, 7) is 7.50. The molecule has 2 aromatic heterocycles. The maximum atomic E-state index is 12.4. The molecule has 0 amide bonds. The highest BCUT2D eigenvalue weighted by atomic mass is 32.1. The fraction of sp³-hybridized carbons (Fsp3) is 0.353. The normalized spacial score (nSPS) is 16.3. The Bertz CT molecular complexity index is 1410. The Morgan fingerprint density at radius 2 is 1.07 bits per heavy atom. The number of hydrogen-bond donors (Lipinski definition) is 0. The van der Waals surface area contributed by atoms with E-state index in [1.54, 1.807) is 0 Å². The van der Waals surface area contributed by atoms with Crippen molar-refractivity contribution in [2.24, 2.45) is 0 Å². The summed E-state index contributed by atoms with van der Waals surface area (Å²) in [5.41, 5.74) is 7.03. The summed E-state index contributed by atoms with van der Waals surface area (Å²) in [5.74, 6) is -0.356. The molecule has 0 fully saturated rings. The van der Waals surface area contributed by atoms with E-state index in [-0.39, 0.29) is 24.0 Å². The van der Waals surface area contributed by atoms with Crippen molar-refractivity contribution in [3.8, 4) is 0 Å². The summed E-state index contributed by atoms with van der Waals surface area (Å²) < 4.78 is 10.1. The number of hydrogen-bond acceptors (Lipinski definition) is 8. The van der Waals surface area contributed by atoms with Crippen LogP contribution in [0.15, 0.2) is 71.4 Å². The maximum absolute atomic E-state index is 12.4. The van der Waals surface area contributed by atoms with Gasteiger partial charge in [0, 0.05) is 35.9 Å². The fourth-order valence-electron chi connectivity index (χ4n) is 5.94. The highest BCUT2D eigenvalue weighted by molar-refractivity contribution is 7.10. The van der Waals surface area contributed by atoms with Crippen LogP contribution in [0.25, 0.3) is 0 Å². The number of benzene rings is 2. The number of esters is 2. The first-order chi connectivity index (χ1) is 20.4. The maximum Gasteiger partial charge on any atom is 0.327 e. The van der Waals surface area contributed by atoms with Crippen LogP contribution in [0.4, 0.5) is 0 Å². The lowest BCUT2D eigenvalue weighted by Gasteiger charge is -2.33. The van der Waals surface area contributed by atoms with Crippen molar-refractivity contribution in [1.29, 1.82) is 0 Å². The summed E-state index contributed by atoms with van der Waals surface area (Å²) in [5, 5.41) is 4.27. The first-order valence-corrected chi connectivity index (χ1v) is 16.0. The Hall–Kier alpha value is -3.30. The van der Waals surface area contributed by atoms with Gasteiger partial charge >= 0.3 is 11.9 Å². The van der Waals surface area contributed by atoms with Crippen LogP contribution in [0.3, 0.4) is 0 Å². The van der Waals surface area contributed by atoms with Gasteiger partial charge in [0.05, 0.1) is 14.2 Å². The van der Waals surface area contributed by atoms with Gasteiger partial charge in [0.1, 0.15) is 12.1 Å². The highest BCUT2D eigenvalue weighted by Gasteiger charge is 2.33. The zero-order valence-corrected chi connectivity index (χ0v) is 26.3. The molecule has 4 aromatic rings. The average molecular weight is 603 g/mol. The van der Waals surface area contributed by atoms with Crippen molar-refractivity contribution < 1.29 is 19.1 Å². The van der Waals surface area contributed by atoms with Gasteiger partial charge in [-0.05, 0) is 83.0 Å². The van der Waals surface area contributed by atoms with E-state index in [4.69, 9.17) is 9.47 Å². The number of carbonyl (C=O) groups excluding carboxylic acids is 2. The molecule has 0 saturated carbocycles. The third-order valence-corrected chi connectivity index (χ3v) is 10.3. The molecular weight excluding hydrogens is 565 g/mol. The van der Waals surface area contributed by atoms with E-state index in [2.05, 4.69) is 32.7 Å². The van der Waals surface area contributed by atoms with Crippen molar-refractivity contribution in [1.82, 2.24) is 9.80 Å². The Labute approximate surface area is 256 Å². The molecule has 0 unspecified atom stereocenters. The number of ether oxygens (including phenoxy) is 2. The molecule has 220 valence electrons. The molecule has 6 rings (SSSR count). The SMILES string of the molecule is COC(=O)[C@@H](c1ccccc1C)N1CCc2sccc2C1.COC(=O)[C@H](c1ccccc1C)N1CCc2sccc2C1. The monoisotopic (exact) mass is 602 g/mol. The third-order valence-electron chi connectivity index (χ3n) is 8.22. The molecule has 0 N–H and O–H groups in total. The minimum absolute atomic E-state index is 0.178. The summed E-state index contributed by atoms with van der Waals surface area (Å²) in [6.07, 6.45) is 2.01. The Morgan fingerprint density at radius 3 is 1.45 bits per heavy atom. The van der Waals surface area contributed by atoms with E-state index in [0.29, 0.717) is 0 Å². The largest absolute Gasteiger partial charge is 0.468 e. The molecular formula is C34H38N2O4S2. The van der Waals surface area contributed by atoms with Gasteiger partial charge in [-0.3, -0.25) is 9.80 Å². The number of nitrogens with zero attached hydrogens (tertiary/aromatic N) is 2. The molecule has 2 aliphatic heterocycles. The minimum Gasteiger partial charge on any atom is -0.468 e. The Balaban J connectivity index is 0.000000168. The topological polar surface area (TPSA) is 59.1 Å². The van der Waals surface area contributed by atoms with E-state index in [1.807, 2.05) is 85.1 Å². The third kappa shape index (κ3) is 6.52. The molecule has 0 radical (unpaired) electrons. The molecule has 8 heteroatoms. The lowest BCUT2D eigenvalue weighted by Crippen LogP contribution is -2.38. The van der Waals surface area contributed by atoms with Gasteiger partial charge in [-0.2, -0.15) is 0 Å². The standard InChI is InChI=1S/2C17H19NO2S/c2*1-12-5-3-4-6-14(12)16(17(19)20-2)18-9-7-15-13(11-18)8-10-21-15/h2*3-6,8,10,16H,7,9,11H2,1-2H3/t2*16-/m10/s1. The van der Waals surface area contributed by atoms with Gasteiger partial charge in [-0.25, -0.2) is 9.59 Å². The van der Waals surface area contributed by atoms with Crippen LogP contribution >= 0.6 is 22.7 Å². The number of thiophene rings is 2. The number of fused-ring (bicyclic) bond motifs is 2. The van der Waals surface area contributed by atoms with Gasteiger partial charge in [0.2, 0.25) is 0 Å². The van der Waals surface area contributed by atoms with E-state index < -0.39 is 0 Å². The predicted molar refractivity (Wildman–Crippen MR) is 169 cm³/mol. The van der Waals surface area contributed by atoms with Crippen molar-refractivity contribution in [2.45, 2.75) is 51.9 Å². The van der Waals surface area contributed by atoms with E-state index >= 15 is 0 Å². The van der Waals surface area contributed by atoms with Crippen LogP contribution in [-0.4, -0.2) is 49.0 Å². The average Bonchev–Trinajstić information content (AvgIpc) is 3.68. The molecule has 2 atom stereocenters. The Morgan fingerprint density at radius 1 is 0.667 bits per heavy atom. The smallest absolute Gasteiger partial charge is 0.327 e. The van der Waals surface area contributed by atoms with Crippen LogP contribution in [0, 0.1) is 13.8 Å². The van der Waals surface area contributed by atoms with Gasteiger partial charge in [-0.1, -0.05) is 48.5 Å². The quantitative estimate of drug-likeness (QED) is 0.230. The van der Waals surface area contributed by atoms with Crippen LogP contribution in [0.5, 0.6) is 0 Å². The van der Waals surface area contributed by atoms with Crippen molar-refractivity contribution in [3.05, 3.63) is 115 Å². The number of methoxy groups -OCH3 is 2. The molecule has 6 nitrogen and oxygen atoms in total. The van der Waals surface area contributed by atoms with Gasteiger partial charge in [0.15, 0.2) is 0 Å². The molecule has 2 aromatic carbocycles. The Kier molecular flexibility index (Phi) is 9.90. The van der Waals surface area contributed by atoms with Crippen LogP contribution in [0.2, 0.25) is 0 Å². The van der Waals surface area contributed by atoms with E-state index in [1.165, 1.54) is 35.1 Å². The molecule has 0 bridgehead atoms. The molecule has 4 heterocycles. The molecule has 0 saturated heterocycles. The fourth-order valence-corrected chi connectivity index (χ4v) is 7.72. The molecule has 0 aliphatic carbocycles. The lowest BCUT2D eigenvalue weighted by atomic mass is 9.97. The second-order valence-electron chi connectivity index (χ2n) is 10.7. The zero-order valence-electron chi connectivity index (χ0n) is 24.7. The summed E-state index contributed by atoms with van der Waals surface area (Å²) in [7, 11) is 2.93. The molecule has 42 heavy (non-hydrogen) atoms.